The van der Waals surface area contributed by atoms with Gasteiger partial charge in [0.15, 0.2) is 5.78 Å². The number of likely N-dealkylation sites (tertiary alicyclic amines) is 1. The lowest BCUT2D eigenvalue weighted by Crippen LogP contribution is -2.42. The van der Waals surface area contributed by atoms with E-state index in [1.54, 1.807) is 0 Å². The Bertz CT molecular complexity index is 368. The fourth-order valence-corrected chi connectivity index (χ4v) is 2.42. The van der Waals surface area contributed by atoms with E-state index in [9.17, 15) is 9.59 Å². The number of carbonyl (C=O) groups excluding carboxylic acids is 2. The molecule has 0 unspecified atom stereocenters. The molecule has 0 radical (unpaired) electrons. The summed E-state index contributed by atoms with van der Waals surface area (Å²) in [6.07, 6.45) is 2.10. The number of carbonyl (C=O) groups is 2. The lowest BCUT2D eigenvalue weighted by atomic mass is 9.89. The van der Waals surface area contributed by atoms with Crippen molar-refractivity contribution < 1.29 is 14.3 Å². The Morgan fingerprint density at radius 2 is 1.57 bits per heavy atom. The number of amides is 1. The van der Waals surface area contributed by atoms with Gasteiger partial charge in [-0.3, -0.25) is 9.59 Å². The normalized spacial score (nSPS) is 17.9. The Labute approximate surface area is 129 Å². The maximum absolute atomic E-state index is 12.2. The van der Waals surface area contributed by atoms with Gasteiger partial charge in [-0.05, 0) is 39.0 Å². The molecule has 0 aliphatic carbocycles. The van der Waals surface area contributed by atoms with Gasteiger partial charge >= 0.3 is 0 Å². The van der Waals surface area contributed by atoms with Crippen LogP contribution < -0.4 is 0 Å². The fourth-order valence-electron chi connectivity index (χ4n) is 2.42. The molecule has 4 heteroatoms. The van der Waals surface area contributed by atoms with E-state index in [1.807, 2.05) is 25.7 Å². The quantitative estimate of drug-likeness (QED) is 0.801. The van der Waals surface area contributed by atoms with Gasteiger partial charge in [-0.25, -0.2) is 0 Å². The largest absolute Gasteiger partial charge is 0.368 e. The molecule has 0 aromatic heterocycles. The van der Waals surface area contributed by atoms with E-state index in [1.165, 1.54) is 0 Å². The van der Waals surface area contributed by atoms with Gasteiger partial charge in [0.05, 0.1) is 5.60 Å². The van der Waals surface area contributed by atoms with E-state index in [0.717, 1.165) is 12.8 Å². The highest BCUT2D eigenvalue weighted by molar-refractivity contribution is 5.83. The predicted molar refractivity (Wildman–Crippen MR) is 84.1 cm³/mol. The second-order valence-corrected chi connectivity index (χ2v) is 8.26. The molecule has 0 bridgehead atoms. The van der Waals surface area contributed by atoms with Gasteiger partial charge in [-0.2, -0.15) is 0 Å². The molecule has 21 heavy (non-hydrogen) atoms. The number of hydrogen-bond donors (Lipinski definition) is 0. The zero-order valence-corrected chi connectivity index (χ0v) is 14.5. The minimum atomic E-state index is -0.279. The van der Waals surface area contributed by atoms with Gasteiger partial charge in [-0.15, -0.1) is 0 Å². The van der Waals surface area contributed by atoms with E-state index in [-0.39, 0.29) is 35.2 Å². The molecule has 1 fully saturated rings. The van der Waals surface area contributed by atoms with Crippen LogP contribution in [0.2, 0.25) is 0 Å². The summed E-state index contributed by atoms with van der Waals surface area (Å²) in [6, 6.07) is 0. The highest BCUT2D eigenvalue weighted by atomic mass is 16.5. The molecular formula is C17H31NO3. The SMILES string of the molecule is CC(C)(C)CC(=O)N1CCC(C(=O)COC(C)(C)C)CC1. The van der Waals surface area contributed by atoms with E-state index in [0.29, 0.717) is 19.5 Å². The second-order valence-electron chi connectivity index (χ2n) is 8.26. The van der Waals surface area contributed by atoms with Gasteiger partial charge in [0, 0.05) is 25.4 Å². The van der Waals surface area contributed by atoms with Gasteiger partial charge in [0.2, 0.25) is 5.91 Å². The highest BCUT2D eigenvalue weighted by Crippen LogP contribution is 2.24. The first kappa shape index (κ1) is 18.1. The summed E-state index contributed by atoms with van der Waals surface area (Å²) in [4.78, 5) is 26.2. The van der Waals surface area contributed by atoms with E-state index in [4.69, 9.17) is 4.74 Å². The minimum absolute atomic E-state index is 0.0182. The van der Waals surface area contributed by atoms with Crippen LogP contribution in [-0.2, 0) is 14.3 Å². The second kappa shape index (κ2) is 6.91. The standard InChI is InChI=1S/C17H31NO3/c1-16(2,3)11-15(20)18-9-7-13(8-10-18)14(19)12-21-17(4,5)6/h13H,7-12H2,1-6H3. The molecule has 1 aliphatic heterocycles. The van der Waals surface area contributed by atoms with Gasteiger partial charge in [0.25, 0.3) is 0 Å². The third-order valence-corrected chi connectivity index (χ3v) is 3.63. The number of nitrogens with zero attached hydrogens (tertiary/aromatic N) is 1. The summed E-state index contributed by atoms with van der Waals surface area (Å²) in [5.41, 5.74) is -0.261. The van der Waals surface area contributed by atoms with Crippen LogP contribution in [-0.4, -0.2) is 41.9 Å². The van der Waals surface area contributed by atoms with Crippen LogP contribution in [0, 0.1) is 11.3 Å². The molecule has 0 saturated carbocycles. The molecule has 1 saturated heterocycles. The monoisotopic (exact) mass is 297 g/mol. The molecule has 0 spiro atoms. The average Bonchev–Trinajstić information content (AvgIpc) is 2.33. The van der Waals surface area contributed by atoms with Crippen LogP contribution >= 0.6 is 0 Å². The van der Waals surface area contributed by atoms with Crippen LogP contribution in [0.25, 0.3) is 0 Å². The molecule has 0 N–H and O–H groups in total. The molecule has 4 nitrogen and oxygen atoms in total. The average molecular weight is 297 g/mol. The molecule has 122 valence electrons. The molecule has 0 aromatic rings. The smallest absolute Gasteiger partial charge is 0.223 e. The van der Waals surface area contributed by atoms with Crippen molar-refractivity contribution in [3.63, 3.8) is 0 Å². The van der Waals surface area contributed by atoms with Crippen LogP contribution in [0.1, 0.15) is 60.8 Å². The summed E-state index contributed by atoms with van der Waals surface area (Å²) in [7, 11) is 0. The van der Waals surface area contributed by atoms with Crippen molar-refractivity contribution in [1.82, 2.24) is 4.90 Å². The number of Topliss-reactive ketones (excluding diaryl/α,β-unsaturated/α-hetero) is 1. The van der Waals surface area contributed by atoms with Gasteiger partial charge < -0.3 is 9.64 Å². The summed E-state index contributed by atoms with van der Waals surface area (Å²) in [5, 5.41) is 0. The van der Waals surface area contributed by atoms with Crippen molar-refractivity contribution >= 4 is 11.7 Å². The topological polar surface area (TPSA) is 46.6 Å². The zero-order valence-electron chi connectivity index (χ0n) is 14.5. The van der Waals surface area contributed by atoms with E-state index < -0.39 is 0 Å². The van der Waals surface area contributed by atoms with Crippen molar-refractivity contribution in [2.24, 2.45) is 11.3 Å². The molecule has 1 amide bonds. The molecule has 1 rings (SSSR count). The zero-order chi connectivity index (χ0) is 16.3. The Hall–Kier alpha value is -0.900. The summed E-state index contributed by atoms with van der Waals surface area (Å²) in [5.74, 6) is 0.429. The maximum Gasteiger partial charge on any atom is 0.223 e. The first-order valence-corrected chi connectivity index (χ1v) is 7.92. The molecule has 1 aliphatic rings. The third kappa shape index (κ3) is 7.07. The summed E-state index contributed by atoms with van der Waals surface area (Å²) < 4.78 is 5.55. The van der Waals surface area contributed by atoms with Crippen LogP contribution in [0.5, 0.6) is 0 Å². The minimum Gasteiger partial charge on any atom is -0.368 e. The molecule has 0 atom stereocenters. The lowest BCUT2D eigenvalue weighted by Gasteiger charge is -2.33. The Kier molecular flexibility index (Phi) is 5.97. The Balaban J connectivity index is 2.38. The van der Waals surface area contributed by atoms with Gasteiger partial charge in [0.1, 0.15) is 6.61 Å². The van der Waals surface area contributed by atoms with Crippen LogP contribution in [0.15, 0.2) is 0 Å². The molecular weight excluding hydrogens is 266 g/mol. The Morgan fingerprint density at radius 3 is 2.00 bits per heavy atom. The van der Waals surface area contributed by atoms with Crippen LogP contribution in [0.4, 0.5) is 0 Å². The summed E-state index contributed by atoms with van der Waals surface area (Å²) >= 11 is 0. The molecule has 0 aromatic carbocycles. The number of piperidine rings is 1. The van der Waals surface area contributed by atoms with E-state index >= 15 is 0 Å². The predicted octanol–water partition coefficient (Wildman–Crippen LogP) is 3.05. The number of hydrogen-bond acceptors (Lipinski definition) is 3. The van der Waals surface area contributed by atoms with Crippen molar-refractivity contribution in [2.45, 2.75) is 66.4 Å². The van der Waals surface area contributed by atoms with E-state index in [2.05, 4.69) is 20.8 Å². The maximum atomic E-state index is 12.2. The Morgan fingerprint density at radius 1 is 1.05 bits per heavy atom. The lowest BCUT2D eigenvalue weighted by molar-refractivity contribution is -0.139. The first-order valence-electron chi connectivity index (χ1n) is 7.92. The van der Waals surface area contributed by atoms with Crippen molar-refractivity contribution in [1.29, 1.82) is 0 Å². The van der Waals surface area contributed by atoms with Crippen molar-refractivity contribution in [3.05, 3.63) is 0 Å². The highest BCUT2D eigenvalue weighted by Gasteiger charge is 2.29. The summed E-state index contributed by atoms with van der Waals surface area (Å²) in [6.45, 7) is 13.7. The number of rotatable bonds is 4. The number of ketones is 1. The first-order chi connectivity index (χ1) is 9.48. The fraction of sp³-hybridized carbons (Fsp3) is 0.882. The van der Waals surface area contributed by atoms with Crippen molar-refractivity contribution in [2.75, 3.05) is 19.7 Å². The number of ether oxygens (including phenoxy) is 1. The van der Waals surface area contributed by atoms with Gasteiger partial charge in [-0.1, -0.05) is 20.8 Å². The van der Waals surface area contributed by atoms with Crippen molar-refractivity contribution in [3.8, 4) is 0 Å². The molecule has 1 heterocycles. The third-order valence-electron chi connectivity index (χ3n) is 3.63. The van der Waals surface area contributed by atoms with Crippen LogP contribution in [0.3, 0.4) is 0 Å².